The van der Waals surface area contributed by atoms with E-state index in [2.05, 4.69) is 25.9 Å². The number of hydrogen-bond acceptors (Lipinski definition) is 7. The zero-order valence-electron chi connectivity index (χ0n) is 16.4. The Kier molecular flexibility index (Phi) is 6.29. The van der Waals surface area contributed by atoms with Crippen LogP contribution >= 0.6 is 27.3 Å². The average molecular weight is 497 g/mol. The van der Waals surface area contributed by atoms with Crippen molar-refractivity contribution in [3.8, 4) is 28.5 Å². The van der Waals surface area contributed by atoms with Crippen LogP contribution in [0.5, 0.6) is 5.95 Å². The number of aromatic hydroxyl groups is 1. The molecular formula is C23H17BrN2O4S. The number of aromatic nitrogens is 1. The van der Waals surface area contributed by atoms with Crippen molar-refractivity contribution in [2.75, 3.05) is 6.61 Å². The summed E-state index contributed by atoms with van der Waals surface area (Å²) in [5.41, 5.74) is 2.89. The highest BCUT2D eigenvalue weighted by Gasteiger charge is 2.21. The van der Waals surface area contributed by atoms with Gasteiger partial charge in [-0.15, -0.1) is 11.3 Å². The van der Waals surface area contributed by atoms with Gasteiger partial charge < -0.3 is 14.3 Å². The van der Waals surface area contributed by atoms with Crippen molar-refractivity contribution >= 4 is 44.5 Å². The monoisotopic (exact) mass is 496 g/mol. The average Bonchev–Trinajstić information content (AvgIpc) is 3.37. The van der Waals surface area contributed by atoms with E-state index in [1.165, 1.54) is 17.6 Å². The third-order valence-corrected chi connectivity index (χ3v) is 5.78. The molecule has 0 saturated heterocycles. The second-order valence-corrected chi connectivity index (χ2v) is 8.16. The molecule has 2 aromatic carbocycles. The summed E-state index contributed by atoms with van der Waals surface area (Å²) in [6, 6.07) is 16.9. The van der Waals surface area contributed by atoms with Crippen molar-refractivity contribution in [3.63, 3.8) is 0 Å². The van der Waals surface area contributed by atoms with Crippen molar-refractivity contribution in [2.45, 2.75) is 6.92 Å². The van der Waals surface area contributed by atoms with E-state index in [-0.39, 0.29) is 24.1 Å². The van der Waals surface area contributed by atoms with Crippen LogP contribution < -0.4 is 0 Å². The SMILES string of the molecule is CCOC(=O)c1c(-c2ccc(Br)cc2)csc1/N=C/c1nc(-c2ccccc2)oc1O. The van der Waals surface area contributed by atoms with Crippen molar-refractivity contribution in [1.29, 1.82) is 0 Å². The van der Waals surface area contributed by atoms with E-state index in [1.54, 1.807) is 6.92 Å². The third kappa shape index (κ3) is 4.60. The summed E-state index contributed by atoms with van der Waals surface area (Å²) in [6.07, 6.45) is 1.38. The smallest absolute Gasteiger partial charge is 0.341 e. The van der Waals surface area contributed by atoms with Crippen LogP contribution in [0.1, 0.15) is 23.0 Å². The summed E-state index contributed by atoms with van der Waals surface area (Å²) in [5.74, 6) is -0.514. The maximum atomic E-state index is 12.7. The van der Waals surface area contributed by atoms with E-state index < -0.39 is 5.97 Å². The summed E-state index contributed by atoms with van der Waals surface area (Å²) in [7, 11) is 0. The molecule has 0 saturated carbocycles. The normalized spacial score (nSPS) is 11.2. The Morgan fingerprint density at radius 2 is 1.94 bits per heavy atom. The molecule has 6 nitrogen and oxygen atoms in total. The number of carbonyl (C=O) groups is 1. The van der Waals surface area contributed by atoms with Gasteiger partial charge in [0.15, 0.2) is 5.69 Å². The van der Waals surface area contributed by atoms with Crippen molar-refractivity contribution < 1.29 is 19.1 Å². The summed E-state index contributed by atoms with van der Waals surface area (Å²) in [4.78, 5) is 21.4. The predicted octanol–water partition coefficient (Wildman–Crippen LogP) is 6.47. The van der Waals surface area contributed by atoms with Gasteiger partial charge in [0.1, 0.15) is 10.6 Å². The van der Waals surface area contributed by atoms with E-state index in [9.17, 15) is 9.90 Å². The number of benzene rings is 2. The number of ether oxygens (including phenoxy) is 1. The Labute approximate surface area is 191 Å². The molecule has 31 heavy (non-hydrogen) atoms. The molecular weight excluding hydrogens is 480 g/mol. The molecule has 0 fully saturated rings. The summed E-state index contributed by atoms with van der Waals surface area (Å²) >= 11 is 4.73. The predicted molar refractivity (Wildman–Crippen MR) is 124 cm³/mol. The van der Waals surface area contributed by atoms with Crippen LogP contribution in [0.15, 0.2) is 73.9 Å². The lowest BCUT2D eigenvalue weighted by atomic mass is 10.0. The highest BCUT2D eigenvalue weighted by molar-refractivity contribution is 9.10. The molecule has 0 radical (unpaired) electrons. The highest BCUT2D eigenvalue weighted by atomic mass is 79.9. The number of hydrogen-bond donors (Lipinski definition) is 1. The lowest BCUT2D eigenvalue weighted by Gasteiger charge is -2.05. The maximum Gasteiger partial charge on any atom is 0.341 e. The topological polar surface area (TPSA) is 84.9 Å². The lowest BCUT2D eigenvalue weighted by Crippen LogP contribution is -2.05. The molecule has 1 N–H and O–H groups in total. The number of aliphatic imine (C=N–C) groups is 1. The largest absolute Gasteiger partial charge is 0.479 e. The maximum absolute atomic E-state index is 12.7. The van der Waals surface area contributed by atoms with Gasteiger partial charge in [-0.2, -0.15) is 0 Å². The van der Waals surface area contributed by atoms with Gasteiger partial charge in [-0.1, -0.05) is 46.3 Å². The molecule has 156 valence electrons. The van der Waals surface area contributed by atoms with E-state index in [0.29, 0.717) is 10.6 Å². The first kappa shape index (κ1) is 21.0. The first-order chi connectivity index (χ1) is 15.1. The van der Waals surface area contributed by atoms with E-state index >= 15 is 0 Å². The minimum Gasteiger partial charge on any atom is -0.479 e. The minimum absolute atomic E-state index is 0.173. The first-order valence-corrected chi connectivity index (χ1v) is 11.1. The molecule has 0 aliphatic rings. The highest BCUT2D eigenvalue weighted by Crippen LogP contribution is 2.38. The molecule has 4 rings (SSSR count). The molecule has 0 aliphatic carbocycles. The fraction of sp³-hybridized carbons (Fsp3) is 0.0870. The second-order valence-electron chi connectivity index (χ2n) is 6.39. The zero-order valence-corrected chi connectivity index (χ0v) is 18.8. The number of halogens is 1. The van der Waals surface area contributed by atoms with E-state index in [4.69, 9.17) is 9.15 Å². The number of rotatable bonds is 6. The Bertz CT molecular complexity index is 1230. The van der Waals surface area contributed by atoms with Crippen LogP contribution in [0.2, 0.25) is 0 Å². The zero-order chi connectivity index (χ0) is 21.8. The minimum atomic E-state index is -0.455. The van der Waals surface area contributed by atoms with E-state index in [1.807, 2.05) is 60.0 Å². The van der Waals surface area contributed by atoms with Gasteiger partial charge in [0.25, 0.3) is 0 Å². The number of oxazole rings is 1. The number of esters is 1. The fourth-order valence-electron chi connectivity index (χ4n) is 2.92. The second kappa shape index (κ2) is 9.28. The van der Waals surface area contributed by atoms with Crippen LogP contribution in [0.3, 0.4) is 0 Å². The Morgan fingerprint density at radius 1 is 1.19 bits per heavy atom. The fourth-order valence-corrected chi connectivity index (χ4v) is 4.09. The lowest BCUT2D eigenvalue weighted by molar-refractivity contribution is 0.0529. The van der Waals surface area contributed by atoms with Crippen molar-refractivity contribution in [3.05, 3.63) is 75.7 Å². The molecule has 0 bridgehead atoms. The van der Waals surface area contributed by atoms with Crippen LogP contribution in [0.4, 0.5) is 5.00 Å². The Hall–Kier alpha value is -3.23. The van der Waals surface area contributed by atoms with Crippen LogP contribution in [-0.4, -0.2) is 28.9 Å². The van der Waals surface area contributed by atoms with Gasteiger partial charge in [-0.05, 0) is 36.8 Å². The summed E-state index contributed by atoms with van der Waals surface area (Å²) < 4.78 is 11.5. The van der Waals surface area contributed by atoms with Crippen LogP contribution in [0.25, 0.3) is 22.6 Å². The van der Waals surface area contributed by atoms with Gasteiger partial charge in [0, 0.05) is 21.0 Å². The van der Waals surface area contributed by atoms with Gasteiger partial charge in [0.05, 0.1) is 12.8 Å². The molecule has 0 spiro atoms. The molecule has 8 heteroatoms. The molecule has 2 heterocycles. The molecule has 0 amide bonds. The summed E-state index contributed by atoms with van der Waals surface area (Å²) in [6.45, 7) is 2.01. The van der Waals surface area contributed by atoms with Crippen molar-refractivity contribution in [2.24, 2.45) is 4.99 Å². The molecule has 2 aromatic heterocycles. The summed E-state index contributed by atoms with van der Waals surface area (Å²) in [5, 5.41) is 12.4. The molecule has 0 unspecified atom stereocenters. The van der Waals surface area contributed by atoms with Gasteiger partial charge in [-0.25, -0.2) is 14.8 Å². The van der Waals surface area contributed by atoms with Crippen molar-refractivity contribution in [1.82, 2.24) is 4.98 Å². The Morgan fingerprint density at radius 3 is 2.65 bits per heavy atom. The quantitative estimate of drug-likeness (QED) is 0.244. The molecule has 0 aliphatic heterocycles. The molecule has 0 atom stereocenters. The van der Waals surface area contributed by atoms with E-state index in [0.717, 1.165) is 21.2 Å². The van der Waals surface area contributed by atoms with Gasteiger partial charge in [-0.3, -0.25) is 0 Å². The standard InChI is InChI=1S/C23H17BrN2O4S/c1-2-29-23(28)19-17(14-8-10-16(24)11-9-14)13-31-21(19)25-12-18-22(27)30-20(26-18)15-6-4-3-5-7-15/h3-13,27H,2H2,1H3/b25-12+. The number of thiophene rings is 1. The van der Waals surface area contributed by atoms with Gasteiger partial charge >= 0.3 is 11.9 Å². The third-order valence-electron chi connectivity index (χ3n) is 4.37. The number of nitrogens with zero attached hydrogens (tertiary/aromatic N) is 2. The molecule has 4 aromatic rings. The Balaban J connectivity index is 1.70. The number of carbonyl (C=O) groups excluding carboxylic acids is 1. The van der Waals surface area contributed by atoms with Crippen LogP contribution in [0, 0.1) is 0 Å². The first-order valence-electron chi connectivity index (χ1n) is 9.40. The van der Waals surface area contributed by atoms with Crippen LogP contribution in [-0.2, 0) is 4.74 Å². The van der Waals surface area contributed by atoms with Gasteiger partial charge in [0.2, 0.25) is 5.89 Å².